The Morgan fingerprint density at radius 2 is 2.55 bits per heavy atom. The molecule has 1 rings (SSSR count). The second kappa shape index (κ2) is 4.70. The molecule has 66 valence electrons. The van der Waals surface area contributed by atoms with Crippen LogP contribution < -0.4 is 11.1 Å². The van der Waals surface area contributed by atoms with Crippen molar-refractivity contribution in [2.45, 2.75) is 31.4 Å². The predicted octanol–water partition coefficient (Wildman–Crippen LogP) is 0.102. The van der Waals surface area contributed by atoms with E-state index in [4.69, 9.17) is 10.5 Å². The van der Waals surface area contributed by atoms with Gasteiger partial charge in [-0.3, -0.25) is 0 Å². The molecule has 1 saturated heterocycles. The van der Waals surface area contributed by atoms with Gasteiger partial charge in [-0.05, 0) is 26.3 Å². The maximum atomic E-state index is 5.82. The lowest BCUT2D eigenvalue weighted by Crippen LogP contribution is -2.34. The zero-order valence-electron chi connectivity index (χ0n) is 7.18. The lowest BCUT2D eigenvalue weighted by molar-refractivity contribution is 0.0984. The molecule has 0 saturated carbocycles. The van der Waals surface area contributed by atoms with Gasteiger partial charge in [0.15, 0.2) is 0 Å². The Hall–Kier alpha value is -0.120. The monoisotopic (exact) mass is 158 g/mol. The SMILES string of the molecule is CNCC(N)CC1CCCO1. The van der Waals surface area contributed by atoms with Gasteiger partial charge in [0.1, 0.15) is 0 Å². The molecule has 0 amide bonds. The molecule has 0 aromatic rings. The third-order valence-corrected chi connectivity index (χ3v) is 2.06. The minimum atomic E-state index is 0.253. The molecule has 2 atom stereocenters. The third-order valence-electron chi connectivity index (χ3n) is 2.06. The van der Waals surface area contributed by atoms with E-state index in [0.717, 1.165) is 19.6 Å². The minimum absolute atomic E-state index is 0.253. The summed E-state index contributed by atoms with van der Waals surface area (Å²) >= 11 is 0. The maximum Gasteiger partial charge on any atom is 0.0591 e. The highest BCUT2D eigenvalue weighted by Crippen LogP contribution is 2.15. The number of nitrogens with one attached hydrogen (secondary N) is 1. The highest BCUT2D eigenvalue weighted by molar-refractivity contribution is 4.73. The normalized spacial score (nSPS) is 27.3. The van der Waals surface area contributed by atoms with Gasteiger partial charge in [0.05, 0.1) is 6.10 Å². The molecule has 1 aliphatic heterocycles. The van der Waals surface area contributed by atoms with Crippen LogP contribution in [0.25, 0.3) is 0 Å². The van der Waals surface area contributed by atoms with E-state index in [9.17, 15) is 0 Å². The van der Waals surface area contributed by atoms with Crippen molar-refractivity contribution < 1.29 is 4.74 Å². The molecule has 0 aromatic carbocycles. The van der Waals surface area contributed by atoms with Crippen LogP contribution in [0.1, 0.15) is 19.3 Å². The number of hydrogen-bond acceptors (Lipinski definition) is 3. The predicted molar refractivity (Wildman–Crippen MR) is 45.5 cm³/mol. The Bertz CT molecular complexity index is 102. The van der Waals surface area contributed by atoms with E-state index in [1.54, 1.807) is 0 Å². The van der Waals surface area contributed by atoms with Crippen LogP contribution in [-0.4, -0.2) is 32.3 Å². The number of likely N-dealkylation sites (N-methyl/N-ethyl adjacent to an activating group) is 1. The molecule has 3 heteroatoms. The van der Waals surface area contributed by atoms with Gasteiger partial charge in [-0.15, -0.1) is 0 Å². The molecule has 3 N–H and O–H groups in total. The van der Waals surface area contributed by atoms with Crippen molar-refractivity contribution in [3.8, 4) is 0 Å². The molecular formula is C8H18N2O. The Morgan fingerprint density at radius 1 is 1.73 bits per heavy atom. The lowest BCUT2D eigenvalue weighted by atomic mass is 10.1. The molecular weight excluding hydrogens is 140 g/mol. The first-order valence-corrected chi connectivity index (χ1v) is 4.34. The molecule has 0 spiro atoms. The van der Waals surface area contributed by atoms with Crippen LogP contribution in [0.5, 0.6) is 0 Å². The van der Waals surface area contributed by atoms with E-state index in [1.807, 2.05) is 7.05 Å². The summed E-state index contributed by atoms with van der Waals surface area (Å²) in [6.07, 6.45) is 3.83. The van der Waals surface area contributed by atoms with E-state index in [1.165, 1.54) is 12.8 Å². The molecule has 11 heavy (non-hydrogen) atoms. The first-order chi connectivity index (χ1) is 5.33. The zero-order chi connectivity index (χ0) is 8.10. The number of rotatable bonds is 4. The minimum Gasteiger partial charge on any atom is -0.378 e. The van der Waals surface area contributed by atoms with Gasteiger partial charge in [0, 0.05) is 19.2 Å². The Labute approximate surface area is 68.3 Å². The zero-order valence-corrected chi connectivity index (χ0v) is 7.18. The summed E-state index contributed by atoms with van der Waals surface area (Å²) in [6.45, 7) is 1.82. The fourth-order valence-electron chi connectivity index (χ4n) is 1.51. The standard InChI is InChI=1S/C8H18N2O/c1-10-6-7(9)5-8-3-2-4-11-8/h7-8,10H,2-6,9H2,1H3. The highest BCUT2D eigenvalue weighted by Gasteiger charge is 2.17. The third kappa shape index (κ3) is 3.18. The molecule has 3 nitrogen and oxygen atoms in total. The summed E-state index contributed by atoms with van der Waals surface area (Å²) in [5, 5.41) is 3.06. The average Bonchev–Trinajstić information content (AvgIpc) is 2.40. The summed E-state index contributed by atoms with van der Waals surface area (Å²) in [4.78, 5) is 0. The quantitative estimate of drug-likeness (QED) is 0.610. The van der Waals surface area contributed by atoms with Crippen LogP contribution in [0.4, 0.5) is 0 Å². The Morgan fingerprint density at radius 3 is 3.09 bits per heavy atom. The maximum absolute atomic E-state index is 5.82. The van der Waals surface area contributed by atoms with Crippen molar-refractivity contribution in [1.82, 2.24) is 5.32 Å². The molecule has 1 heterocycles. The lowest BCUT2D eigenvalue weighted by Gasteiger charge is -2.15. The highest BCUT2D eigenvalue weighted by atomic mass is 16.5. The largest absolute Gasteiger partial charge is 0.378 e. The molecule has 0 radical (unpaired) electrons. The average molecular weight is 158 g/mol. The van der Waals surface area contributed by atoms with E-state index >= 15 is 0 Å². The molecule has 1 aliphatic rings. The van der Waals surface area contributed by atoms with Crippen molar-refractivity contribution in [3.05, 3.63) is 0 Å². The number of ether oxygens (including phenoxy) is 1. The van der Waals surface area contributed by atoms with Crippen LogP contribution in [0, 0.1) is 0 Å². The number of hydrogen-bond donors (Lipinski definition) is 2. The van der Waals surface area contributed by atoms with Crippen LogP contribution in [-0.2, 0) is 4.74 Å². The summed E-state index contributed by atoms with van der Waals surface area (Å²) in [6, 6.07) is 0.253. The van der Waals surface area contributed by atoms with Crippen LogP contribution in [0.15, 0.2) is 0 Å². The van der Waals surface area contributed by atoms with Crippen molar-refractivity contribution in [1.29, 1.82) is 0 Å². The van der Waals surface area contributed by atoms with Gasteiger partial charge in [-0.1, -0.05) is 0 Å². The summed E-state index contributed by atoms with van der Waals surface area (Å²) in [5.41, 5.74) is 5.82. The van der Waals surface area contributed by atoms with Crippen LogP contribution in [0.3, 0.4) is 0 Å². The van der Waals surface area contributed by atoms with E-state index in [2.05, 4.69) is 5.32 Å². The van der Waals surface area contributed by atoms with Crippen molar-refractivity contribution in [3.63, 3.8) is 0 Å². The first-order valence-electron chi connectivity index (χ1n) is 4.34. The first kappa shape index (κ1) is 8.97. The molecule has 2 unspecified atom stereocenters. The van der Waals surface area contributed by atoms with Gasteiger partial charge < -0.3 is 15.8 Å². The molecule has 0 aromatic heterocycles. The second-order valence-electron chi connectivity index (χ2n) is 3.19. The van der Waals surface area contributed by atoms with Crippen LogP contribution in [0.2, 0.25) is 0 Å². The van der Waals surface area contributed by atoms with E-state index < -0.39 is 0 Å². The van der Waals surface area contributed by atoms with Crippen LogP contribution >= 0.6 is 0 Å². The summed E-state index contributed by atoms with van der Waals surface area (Å²) in [7, 11) is 1.93. The van der Waals surface area contributed by atoms with Gasteiger partial charge in [-0.25, -0.2) is 0 Å². The topological polar surface area (TPSA) is 47.3 Å². The van der Waals surface area contributed by atoms with Crippen molar-refractivity contribution in [2.75, 3.05) is 20.2 Å². The molecule has 0 aliphatic carbocycles. The number of nitrogens with two attached hydrogens (primary N) is 1. The summed E-state index contributed by atoms with van der Waals surface area (Å²) in [5.74, 6) is 0. The van der Waals surface area contributed by atoms with E-state index in [0.29, 0.717) is 6.10 Å². The van der Waals surface area contributed by atoms with Gasteiger partial charge in [-0.2, -0.15) is 0 Å². The second-order valence-corrected chi connectivity index (χ2v) is 3.19. The van der Waals surface area contributed by atoms with Gasteiger partial charge >= 0.3 is 0 Å². The molecule has 0 bridgehead atoms. The Kier molecular flexibility index (Phi) is 3.83. The molecule has 1 fully saturated rings. The van der Waals surface area contributed by atoms with Gasteiger partial charge in [0.25, 0.3) is 0 Å². The van der Waals surface area contributed by atoms with E-state index in [-0.39, 0.29) is 6.04 Å². The van der Waals surface area contributed by atoms with Crippen molar-refractivity contribution in [2.24, 2.45) is 5.73 Å². The fourth-order valence-corrected chi connectivity index (χ4v) is 1.51. The van der Waals surface area contributed by atoms with Gasteiger partial charge in [0.2, 0.25) is 0 Å². The van der Waals surface area contributed by atoms with Crippen molar-refractivity contribution >= 4 is 0 Å². The fraction of sp³-hybridized carbons (Fsp3) is 1.00. The smallest absolute Gasteiger partial charge is 0.0591 e. The summed E-state index contributed by atoms with van der Waals surface area (Å²) < 4.78 is 5.46. The Balaban J connectivity index is 2.08.